The van der Waals surface area contributed by atoms with E-state index in [9.17, 15) is 0 Å². The van der Waals surface area contributed by atoms with E-state index in [2.05, 4.69) is 43.4 Å². The summed E-state index contributed by atoms with van der Waals surface area (Å²) >= 11 is 0. The molecule has 2 aliphatic heterocycles. The van der Waals surface area contributed by atoms with Crippen LogP contribution in [0.5, 0.6) is 0 Å². The molecule has 1 unspecified atom stereocenters. The molecule has 3 heteroatoms. The third-order valence-corrected chi connectivity index (χ3v) is 3.97. The summed E-state index contributed by atoms with van der Waals surface area (Å²) in [6, 6.07) is 9.10. The van der Waals surface area contributed by atoms with E-state index >= 15 is 0 Å². The monoisotopic (exact) mass is 247 g/mol. The van der Waals surface area contributed by atoms with Crippen LogP contribution in [0.25, 0.3) is 0 Å². The Morgan fingerprint density at radius 3 is 2.83 bits per heavy atom. The van der Waals surface area contributed by atoms with Crippen molar-refractivity contribution in [3.8, 4) is 0 Å². The van der Waals surface area contributed by atoms with Crippen LogP contribution in [-0.2, 0) is 9.47 Å². The third-order valence-electron chi connectivity index (χ3n) is 3.97. The lowest BCUT2D eigenvalue weighted by Gasteiger charge is -2.49. The molecule has 0 radical (unpaired) electrons. The van der Waals surface area contributed by atoms with E-state index in [4.69, 9.17) is 9.47 Å². The molecule has 1 spiro atoms. The summed E-state index contributed by atoms with van der Waals surface area (Å²) in [5.74, 6) is 0.558. The highest BCUT2D eigenvalue weighted by Crippen LogP contribution is 2.38. The molecule has 1 atom stereocenters. The van der Waals surface area contributed by atoms with E-state index in [0.717, 1.165) is 13.2 Å². The zero-order valence-electron chi connectivity index (χ0n) is 11.1. The minimum absolute atomic E-state index is 0.131. The summed E-state index contributed by atoms with van der Waals surface area (Å²) in [5, 5.41) is 3.59. The summed E-state index contributed by atoms with van der Waals surface area (Å²) in [7, 11) is 0. The fourth-order valence-electron chi connectivity index (χ4n) is 2.80. The van der Waals surface area contributed by atoms with Crippen molar-refractivity contribution in [2.45, 2.75) is 31.4 Å². The first-order valence-electron chi connectivity index (χ1n) is 6.76. The van der Waals surface area contributed by atoms with Gasteiger partial charge in [0.25, 0.3) is 0 Å². The van der Waals surface area contributed by atoms with Crippen LogP contribution in [0.1, 0.15) is 36.9 Å². The maximum absolute atomic E-state index is 5.98. The van der Waals surface area contributed by atoms with Crippen molar-refractivity contribution in [2.75, 3.05) is 26.4 Å². The minimum atomic E-state index is -0.131. The van der Waals surface area contributed by atoms with Gasteiger partial charge in [-0.25, -0.2) is 0 Å². The largest absolute Gasteiger partial charge is 0.375 e. The predicted octanol–water partition coefficient (Wildman–Crippen LogP) is 2.24. The molecule has 1 aromatic carbocycles. The summed E-state index contributed by atoms with van der Waals surface area (Å²) in [4.78, 5) is 0. The van der Waals surface area contributed by atoms with Crippen LogP contribution in [0, 0.1) is 0 Å². The van der Waals surface area contributed by atoms with E-state index in [0.29, 0.717) is 19.1 Å². The van der Waals surface area contributed by atoms with Crippen molar-refractivity contribution in [3.05, 3.63) is 35.4 Å². The number of ether oxygens (including phenoxy) is 2. The minimum Gasteiger partial charge on any atom is -0.375 e. The number of rotatable bonds is 2. The van der Waals surface area contributed by atoms with E-state index in [-0.39, 0.29) is 11.6 Å². The van der Waals surface area contributed by atoms with Crippen LogP contribution in [-0.4, -0.2) is 32.0 Å². The smallest absolute Gasteiger partial charge is 0.134 e. The number of benzene rings is 1. The molecule has 2 aliphatic rings. The zero-order chi connectivity index (χ0) is 12.6. The van der Waals surface area contributed by atoms with Crippen molar-refractivity contribution >= 4 is 0 Å². The Morgan fingerprint density at radius 1 is 1.33 bits per heavy atom. The van der Waals surface area contributed by atoms with E-state index in [1.807, 2.05) is 0 Å². The Hall–Kier alpha value is -0.900. The van der Waals surface area contributed by atoms with Gasteiger partial charge in [-0.3, -0.25) is 0 Å². The van der Waals surface area contributed by atoms with Gasteiger partial charge >= 0.3 is 0 Å². The van der Waals surface area contributed by atoms with Crippen LogP contribution in [0.2, 0.25) is 0 Å². The summed E-state index contributed by atoms with van der Waals surface area (Å²) in [6.07, 6.45) is 0. The van der Waals surface area contributed by atoms with Crippen LogP contribution in [0.4, 0.5) is 0 Å². The van der Waals surface area contributed by atoms with Gasteiger partial charge in [0, 0.05) is 6.54 Å². The second-order valence-corrected chi connectivity index (χ2v) is 5.62. The molecule has 18 heavy (non-hydrogen) atoms. The van der Waals surface area contributed by atoms with E-state index in [1.54, 1.807) is 0 Å². The normalized spacial score (nSPS) is 26.3. The molecule has 1 aromatic rings. The third kappa shape index (κ3) is 1.96. The molecule has 0 saturated carbocycles. The molecule has 1 N–H and O–H groups in total. The highest BCUT2D eigenvalue weighted by Gasteiger charge is 2.49. The maximum atomic E-state index is 5.98. The topological polar surface area (TPSA) is 30.5 Å². The van der Waals surface area contributed by atoms with Gasteiger partial charge in [-0.2, -0.15) is 0 Å². The number of nitrogens with one attached hydrogen (secondary N) is 1. The van der Waals surface area contributed by atoms with Gasteiger partial charge in [0.2, 0.25) is 0 Å². The molecule has 0 aromatic heterocycles. The highest BCUT2D eigenvalue weighted by molar-refractivity contribution is 5.31. The molecule has 2 saturated heterocycles. The Balaban J connectivity index is 1.90. The predicted molar refractivity (Wildman–Crippen MR) is 70.8 cm³/mol. The highest BCUT2D eigenvalue weighted by atomic mass is 16.6. The number of hydrogen-bond donors (Lipinski definition) is 1. The number of morpholine rings is 1. The van der Waals surface area contributed by atoms with Gasteiger partial charge in [-0.15, -0.1) is 0 Å². The standard InChI is InChI=1S/C15H21NO2/c1-11(2)12-4-3-5-13(8-12)14-15(9-17-10-15)18-7-6-16-14/h3-5,8,11,14,16H,6-7,9-10H2,1-2H3. The molecule has 98 valence electrons. The van der Waals surface area contributed by atoms with Crippen molar-refractivity contribution in [1.29, 1.82) is 0 Å². The molecule has 0 amide bonds. The lowest BCUT2D eigenvalue weighted by atomic mass is 9.84. The van der Waals surface area contributed by atoms with Crippen molar-refractivity contribution in [2.24, 2.45) is 0 Å². The summed E-state index contributed by atoms with van der Waals surface area (Å²) in [5.41, 5.74) is 2.58. The summed E-state index contributed by atoms with van der Waals surface area (Å²) < 4.78 is 11.4. The fourth-order valence-corrected chi connectivity index (χ4v) is 2.80. The van der Waals surface area contributed by atoms with Gasteiger partial charge in [0.15, 0.2) is 0 Å². The van der Waals surface area contributed by atoms with Crippen molar-refractivity contribution in [3.63, 3.8) is 0 Å². The van der Waals surface area contributed by atoms with E-state index in [1.165, 1.54) is 11.1 Å². The average Bonchev–Trinajstić information content (AvgIpc) is 2.37. The second-order valence-electron chi connectivity index (χ2n) is 5.62. The first-order valence-corrected chi connectivity index (χ1v) is 6.76. The second kappa shape index (κ2) is 4.65. The molecular formula is C15H21NO2. The quantitative estimate of drug-likeness (QED) is 0.869. The molecule has 0 bridgehead atoms. The molecule has 2 fully saturated rings. The van der Waals surface area contributed by atoms with Crippen LogP contribution in [0.15, 0.2) is 24.3 Å². The van der Waals surface area contributed by atoms with Gasteiger partial charge in [0.1, 0.15) is 5.60 Å². The zero-order valence-corrected chi connectivity index (χ0v) is 11.1. The molecule has 0 aliphatic carbocycles. The maximum Gasteiger partial charge on any atom is 0.134 e. The summed E-state index contributed by atoms with van der Waals surface area (Å²) in [6.45, 7) is 7.56. The first kappa shape index (κ1) is 12.2. The van der Waals surface area contributed by atoms with Gasteiger partial charge in [0.05, 0.1) is 25.9 Å². The average molecular weight is 247 g/mol. The Kier molecular flexibility index (Phi) is 3.14. The van der Waals surface area contributed by atoms with Gasteiger partial charge in [-0.1, -0.05) is 38.1 Å². The van der Waals surface area contributed by atoms with Crippen molar-refractivity contribution < 1.29 is 9.47 Å². The molecular weight excluding hydrogens is 226 g/mol. The SMILES string of the molecule is CC(C)c1cccc(C2NCCOC23COC3)c1. The first-order chi connectivity index (χ1) is 8.71. The van der Waals surface area contributed by atoms with Crippen LogP contribution >= 0.6 is 0 Å². The van der Waals surface area contributed by atoms with Crippen molar-refractivity contribution in [1.82, 2.24) is 5.32 Å². The number of hydrogen-bond acceptors (Lipinski definition) is 3. The Morgan fingerprint density at radius 2 is 2.17 bits per heavy atom. The molecule has 3 nitrogen and oxygen atoms in total. The lowest BCUT2D eigenvalue weighted by molar-refractivity contribution is -0.239. The van der Waals surface area contributed by atoms with Crippen LogP contribution in [0.3, 0.4) is 0 Å². The van der Waals surface area contributed by atoms with Crippen LogP contribution < -0.4 is 5.32 Å². The van der Waals surface area contributed by atoms with Gasteiger partial charge in [-0.05, 0) is 17.0 Å². The fraction of sp³-hybridized carbons (Fsp3) is 0.600. The van der Waals surface area contributed by atoms with E-state index < -0.39 is 0 Å². The molecule has 3 rings (SSSR count). The van der Waals surface area contributed by atoms with Gasteiger partial charge < -0.3 is 14.8 Å². The molecule has 2 heterocycles. The Labute approximate surface area is 108 Å². The Bertz CT molecular complexity index is 426. The lowest BCUT2D eigenvalue weighted by Crippen LogP contribution is -2.63.